The third-order valence-electron chi connectivity index (χ3n) is 10.4. The molecule has 0 aromatic rings. The average Bonchev–Trinajstić information content (AvgIpc) is 3.14. The standard InChI is InChI=1S/C46H88O6/c1-4-7-10-13-15-17-19-20-21-22-23-24-25-27-28-30-33-36-39-45(48)51-42-43(41-50-44(47)38-35-32-12-9-6-3)52-46(49)40-37-34-31-29-26-18-16-14-11-8-5-2/h43H,4-42H2,1-3H3. The number of hydrogen-bond acceptors (Lipinski definition) is 6. The van der Waals surface area contributed by atoms with Gasteiger partial charge in [0.2, 0.25) is 0 Å². The molecule has 0 aliphatic carbocycles. The summed E-state index contributed by atoms with van der Waals surface area (Å²) >= 11 is 0. The molecular formula is C46H88O6. The molecule has 1 atom stereocenters. The monoisotopic (exact) mass is 737 g/mol. The van der Waals surface area contributed by atoms with Gasteiger partial charge < -0.3 is 14.2 Å². The second-order valence-electron chi connectivity index (χ2n) is 15.7. The Hall–Kier alpha value is -1.59. The minimum atomic E-state index is -0.756. The Balaban J connectivity index is 4.11. The van der Waals surface area contributed by atoms with Crippen LogP contribution in [0.15, 0.2) is 0 Å². The molecule has 0 spiro atoms. The predicted molar refractivity (Wildman–Crippen MR) is 220 cm³/mol. The first-order valence-electron chi connectivity index (χ1n) is 23.0. The number of carbonyl (C=O) groups is 3. The lowest BCUT2D eigenvalue weighted by Gasteiger charge is -2.18. The lowest BCUT2D eigenvalue weighted by Crippen LogP contribution is -2.30. The van der Waals surface area contributed by atoms with Crippen LogP contribution in [-0.4, -0.2) is 37.2 Å². The number of ether oxygens (including phenoxy) is 3. The maximum atomic E-state index is 12.6. The fourth-order valence-electron chi connectivity index (χ4n) is 6.85. The van der Waals surface area contributed by atoms with Gasteiger partial charge in [-0.1, -0.05) is 220 Å². The summed E-state index contributed by atoms with van der Waals surface area (Å²) in [5.74, 6) is -0.866. The van der Waals surface area contributed by atoms with E-state index in [9.17, 15) is 14.4 Å². The summed E-state index contributed by atoms with van der Waals surface area (Å²) in [6, 6.07) is 0. The highest BCUT2D eigenvalue weighted by Crippen LogP contribution is 2.16. The van der Waals surface area contributed by atoms with E-state index in [2.05, 4.69) is 20.8 Å². The molecule has 0 rings (SSSR count). The number of hydrogen-bond donors (Lipinski definition) is 0. The molecule has 0 radical (unpaired) electrons. The van der Waals surface area contributed by atoms with E-state index in [0.717, 1.165) is 64.2 Å². The van der Waals surface area contributed by atoms with Gasteiger partial charge in [0, 0.05) is 19.3 Å². The molecule has 0 fully saturated rings. The zero-order valence-corrected chi connectivity index (χ0v) is 35.1. The molecule has 0 aliphatic heterocycles. The third-order valence-corrected chi connectivity index (χ3v) is 10.4. The van der Waals surface area contributed by atoms with Crippen LogP contribution >= 0.6 is 0 Å². The molecule has 0 heterocycles. The van der Waals surface area contributed by atoms with Crippen LogP contribution < -0.4 is 0 Å². The van der Waals surface area contributed by atoms with Crippen LogP contribution in [0.5, 0.6) is 0 Å². The molecular weight excluding hydrogens is 648 g/mol. The molecule has 0 amide bonds. The lowest BCUT2D eigenvalue weighted by atomic mass is 10.0. The van der Waals surface area contributed by atoms with Gasteiger partial charge in [-0.25, -0.2) is 0 Å². The fourth-order valence-corrected chi connectivity index (χ4v) is 6.85. The van der Waals surface area contributed by atoms with Gasteiger partial charge in [-0.3, -0.25) is 14.4 Å². The molecule has 0 aromatic heterocycles. The Morgan fingerprint density at radius 1 is 0.308 bits per heavy atom. The molecule has 0 N–H and O–H groups in total. The largest absolute Gasteiger partial charge is 0.462 e. The Bertz CT molecular complexity index is 768. The summed E-state index contributed by atoms with van der Waals surface area (Å²) in [5, 5.41) is 0. The van der Waals surface area contributed by atoms with E-state index in [1.165, 1.54) is 154 Å². The van der Waals surface area contributed by atoms with Gasteiger partial charge in [0.25, 0.3) is 0 Å². The van der Waals surface area contributed by atoms with E-state index >= 15 is 0 Å². The van der Waals surface area contributed by atoms with Crippen LogP contribution in [-0.2, 0) is 28.6 Å². The molecule has 0 aliphatic rings. The molecule has 52 heavy (non-hydrogen) atoms. The number of rotatable bonds is 42. The molecule has 308 valence electrons. The van der Waals surface area contributed by atoms with Crippen molar-refractivity contribution in [3.05, 3.63) is 0 Å². The SMILES string of the molecule is CCCCCCCCCCCCCCCCCCCCC(=O)OCC(COC(=O)CCCCCCC)OC(=O)CCCCCCCCCCCCC. The van der Waals surface area contributed by atoms with Gasteiger partial charge >= 0.3 is 17.9 Å². The van der Waals surface area contributed by atoms with Crippen molar-refractivity contribution in [1.29, 1.82) is 0 Å². The lowest BCUT2D eigenvalue weighted by molar-refractivity contribution is -0.167. The maximum Gasteiger partial charge on any atom is 0.306 e. The second kappa shape index (κ2) is 42.2. The summed E-state index contributed by atoms with van der Waals surface area (Å²) in [6.07, 6.45) is 42.6. The smallest absolute Gasteiger partial charge is 0.306 e. The zero-order chi connectivity index (χ0) is 38.0. The van der Waals surface area contributed by atoms with Gasteiger partial charge in [0.1, 0.15) is 13.2 Å². The Kier molecular flexibility index (Phi) is 40.9. The zero-order valence-electron chi connectivity index (χ0n) is 35.1. The van der Waals surface area contributed by atoms with E-state index in [1.807, 2.05) is 0 Å². The highest BCUT2D eigenvalue weighted by molar-refractivity contribution is 5.71. The van der Waals surface area contributed by atoms with Gasteiger partial charge in [-0.15, -0.1) is 0 Å². The van der Waals surface area contributed by atoms with E-state index in [-0.39, 0.29) is 31.1 Å². The van der Waals surface area contributed by atoms with E-state index in [0.29, 0.717) is 19.3 Å². The molecule has 0 aromatic carbocycles. The maximum absolute atomic E-state index is 12.6. The first kappa shape index (κ1) is 50.4. The summed E-state index contributed by atoms with van der Waals surface area (Å²) in [7, 11) is 0. The highest BCUT2D eigenvalue weighted by atomic mass is 16.6. The Morgan fingerprint density at radius 2 is 0.519 bits per heavy atom. The second-order valence-corrected chi connectivity index (χ2v) is 15.7. The molecule has 0 bridgehead atoms. The quantitative estimate of drug-likeness (QED) is 0.0353. The third kappa shape index (κ3) is 39.6. The summed E-state index contributed by atoms with van der Waals surface area (Å²) in [6.45, 7) is 6.57. The van der Waals surface area contributed by atoms with Gasteiger partial charge in [0.15, 0.2) is 6.10 Å². The van der Waals surface area contributed by atoms with E-state index < -0.39 is 6.10 Å². The number of carbonyl (C=O) groups excluding carboxylic acids is 3. The molecule has 0 saturated carbocycles. The van der Waals surface area contributed by atoms with Gasteiger partial charge in [0.05, 0.1) is 0 Å². The Morgan fingerprint density at radius 3 is 0.769 bits per heavy atom. The topological polar surface area (TPSA) is 78.9 Å². The van der Waals surface area contributed by atoms with Gasteiger partial charge in [-0.2, -0.15) is 0 Å². The van der Waals surface area contributed by atoms with Crippen molar-refractivity contribution >= 4 is 17.9 Å². The molecule has 0 saturated heterocycles. The van der Waals surface area contributed by atoms with Crippen LogP contribution in [0.2, 0.25) is 0 Å². The van der Waals surface area contributed by atoms with Crippen LogP contribution in [0.1, 0.15) is 258 Å². The van der Waals surface area contributed by atoms with E-state index in [4.69, 9.17) is 14.2 Å². The van der Waals surface area contributed by atoms with Crippen molar-refractivity contribution in [3.8, 4) is 0 Å². The Labute approximate surface area is 323 Å². The van der Waals surface area contributed by atoms with Crippen LogP contribution in [0.4, 0.5) is 0 Å². The number of esters is 3. The molecule has 1 unspecified atom stereocenters. The summed E-state index contributed by atoms with van der Waals surface area (Å²) in [4.78, 5) is 37.4. The molecule has 6 nitrogen and oxygen atoms in total. The average molecular weight is 737 g/mol. The number of unbranched alkanes of at least 4 members (excludes halogenated alkanes) is 31. The summed E-state index contributed by atoms with van der Waals surface area (Å²) < 4.78 is 16.6. The van der Waals surface area contributed by atoms with Crippen LogP contribution in [0.3, 0.4) is 0 Å². The van der Waals surface area contributed by atoms with Crippen molar-refractivity contribution < 1.29 is 28.6 Å². The van der Waals surface area contributed by atoms with Crippen molar-refractivity contribution in [1.82, 2.24) is 0 Å². The highest BCUT2D eigenvalue weighted by Gasteiger charge is 2.19. The van der Waals surface area contributed by atoms with Crippen molar-refractivity contribution in [2.45, 2.75) is 264 Å². The minimum Gasteiger partial charge on any atom is -0.462 e. The van der Waals surface area contributed by atoms with Crippen LogP contribution in [0, 0.1) is 0 Å². The molecule has 6 heteroatoms. The fraction of sp³-hybridized carbons (Fsp3) is 0.935. The first-order valence-corrected chi connectivity index (χ1v) is 23.0. The van der Waals surface area contributed by atoms with E-state index in [1.54, 1.807) is 0 Å². The van der Waals surface area contributed by atoms with Crippen molar-refractivity contribution in [2.24, 2.45) is 0 Å². The summed E-state index contributed by atoms with van der Waals surface area (Å²) in [5.41, 5.74) is 0. The van der Waals surface area contributed by atoms with Gasteiger partial charge in [-0.05, 0) is 19.3 Å². The normalized spacial score (nSPS) is 11.8. The predicted octanol–water partition coefficient (Wildman–Crippen LogP) is 14.5. The van der Waals surface area contributed by atoms with Crippen molar-refractivity contribution in [3.63, 3.8) is 0 Å². The van der Waals surface area contributed by atoms with Crippen LogP contribution in [0.25, 0.3) is 0 Å². The first-order chi connectivity index (χ1) is 25.5. The van der Waals surface area contributed by atoms with Crippen molar-refractivity contribution in [2.75, 3.05) is 13.2 Å². The minimum absolute atomic E-state index is 0.0638.